The Bertz CT molecular complexity index is 2120. The van der Waals surface area contributed by atoms with Crippen LogP contribution in [0.4, 0.5) is 0 Å². The van der Waals surface area contributed by atoms with Crippen molar-refractivity contribution in [3.63, 3.8) is 0 Å². The Hall–Kier alpha value is -7.72. The van der Waals surface area contributed by atoms with Gasteiger partial charge >= 0.3 is 0 Å². The van der Waals surface area contributed by atoms with E-state index in [0.29, 0.717) is 12.8 Å². The van der Waals surface area contributed by atoms with Crippen LogP contribution in [0.1, 0.15) is 77.8 Å². The minimum atomic E-state index is -1.55. The molecule has 2 aromatic rings. The standard InChI is InChI=1S/C47H56N8O14/c1-3-30-8-12-32(13-9-30)44(64)52-46(66)34(28-38(58)48-20-24-68-26-22-54-40(60)16-17-41(54)61)50-36(56)6-5-7-37(57)51-35(47(67)53-45(65)33-14-10-31(4-2)11-15-33)29-39(59)49-21-25-69-27-23-55-42(62)18-19-43(55)63/h8-19,34-35H,3-7,20-29H2,1-2H3,(H,48,58)(H,49,59)(H,50,56)(H,51,57)(H,52,64,66)(H,53,65,67). The molecule has 69 heavy (non-hydrogen) atoms. The highest BCUT2D eigenvalue weighted by molar-refractivity contribution is 6.13. The number of nitrogens with one attached hydrogen (secondary N) is 6. The minimum absolute atomic E-state index is 0.0000263. The van der Waals surface area contributed by atoms with Crippen molar-refractivity contribution in [2.75, 3.05) is 52.6 Å². The van der Waals surface area contributed by atoms with Crippen molar-refractivity contribution in [1.29, 1.82) is 0 Å². The summed E-state index contributed by atoms with van der Waals surface area (Å²) in [7, 11) is 0. The van der Waals surface area contributed by atoms with Gasteiger partial charge in [-0.05, 0) is 54.7 Å². The SMILES string of the molecule is CCc1ccc(C(=O)NC(=O)C(CC(=O)NCCOCCN2C(=O)C=CC2=O)NC(=O)CCCC(=O)NC(CC(=O)NCCOCCN2C(=O)C=CC2=O)C(=O)NC(=O)c2ccc(CC)cc2)cc1. The third-order valence-corrected chi connectivity index (χ3v) is 10.5. The largest absolute Gasteiger partial charge is 0.378 e. The van der Waals surface area contributed by atoms with Crippen LogP contribution in [0.25, 0.3) is 0 Å². The highest BCUT2D eigenvalue weighted by Gasteiger charge is 2.29. The van der Waals surface area contributed by atoms with Gasteiger partial charge < -0.3 is 30.7 Å². The van der Waals surface area contributed by atoms with Gasteiger partial charge in [0.2, 0.25) is 35.4 Å². The number of carbonyl (C=O) groups is 12. The zero-order chi connectivity index (χ0) is 50.3. The first-order valence-electron chi connectivity index (χ1n) is 22.3. The number of hydrogen-bond donors (Lipinski definition) is 6. The summed E-state index contributed by atoms with van der Waals surface area (Å²) in [4.78, 5) is 153. The van der Waals surface area contributed by atoms with E-state index in [-0.39, 0.29) is 83.0 Å². The maximum absolute atomic E-state index is 13.3. The third-order valence-electron chi connectivity index (χ3n) is 10.5. The Morgan fingerprint density at radius 1 is 0.493 bits per heavy atom. The summed E-state index contributed by atoms with van der Waals surface area (Å²) >= 11 is 0. The summed E-state index contributed by atoms with van der Waals surface area (Å²) in [5.74, 6) is -8.37. The Balaban J connectivity index is 1.30. The lowest BCUT2D eigenvalue weighted by atomic mass is 10.1. The number of carbonyl (C=O) groups excluding carboxylic acids is 12. The van der Waals surface area contributed by atoms with Crippen molar-refractivity contribution in [2.45, 2.75) is 70.9 Å². The van der Waals surface area contributed by atoms with Crippen LogP contribution in [0.15, 0.2) is 72.8 Å². The Morgan fingerprint density at radius 3 is 1.17 bits per heavy atom. The predicted molar refractivity (Wildman–Crippen MR) is 243 cm³/mol. The molecule has 6 N–H and O–H groups in total. The highest BCUT2D eigenvalue weighted by Crippen LogP contribution is 2.09. The molecule has 2 unspecified atom stereocenters. The van der Waals surface area contributed by atoms with Gasteiger partial charge in [0.25, 0.3) is 35.4 Å². The van der Waals surface area contributed by atoms with Gasteiger partial charge in [-0.15, -0.1) is 0 Å². The van der Waals surface area contributed by atoms with Crippen LogP contribution in [-0.4, -0.2) is 145 Å². The van der Waals surface area contributed by atoms with E-state index in [4.69, 9.17) is 9.47 Å². The molecule has 0 radical (unpaired) electrons. The molecule has 4 rings (SSSR count). The maximum atomic E-state index is 13.3. The summed E-state index contributed by atoms with van der Waals surface area (Å²) in [5.41, 5.74) is 2.20. The summed E-state index contributed by atoms with van der Waals surface area (Å²) < 4.78 is 10.8. The molecule has 22 nitrogen and oxygen atoms in total. The van der Waals surface area contributed by atoms with Crippen LogP contribution in [0.3, 0.4) is 0 Å². The van der Waals surface area contributed by atoms with Crippen molar-refractivity contribution in [2.24, 2.45) is 0 Å². The van der Waals surface area contributed by atoms with Gasteiger partial charge in [0.1, 0.15) is 12.1 Å². The molecule has 0 spiro atoms. The summed E-state index contributed by atoms with van der Waals surface area (Å²) in [6.45, 7) is 3.72. The van der Waals surface area contributed by atoms with Gasteiger partial charge in [-0.25, -0.2) is 0 Å². The first-order valence-corrected chi connectivity index (χ1v) is 22.3. The second-order valence-electron chi connectivity index (χ2n) is 15.5. The molecule has 368 valence electrons. The second kappa shape index (κ2) is 27.8. The van der Waals surface area contributed by atoms with E-state index in [1.54, 1.807) is 24.3 Å². The molecular formula is C47H56N8O14. The molecule has 0 bridgehead atoms. The lowest BCUT2D eigenvalue weighted by molar-refractivity contribution is -0.139. The number of nitrogens with zero attached hydrogens (tertiary/aromatic N) is 2. The molecule has 22 heteroatoms. The van der Waals surface area contributed by atoms with Gasteiger partial charge in [0.15, 0.2) is 0 Å². The predicted octanol–water partition coefficient (Wildman–Crippen LogP) is -0.940. The van der Waals surface area contributed by atoms with E-state index in [1.807, 2.05) is 13.8 Å². The lowest BCUT2D eigenvalue weighted by Gasteiger charge is -2.19. The van der Waals surface area contributed by atoms with Gasteiger partial charge in [0.05, 0.1) is 52.4 Å². The first kappa shape index (κ1) is 53.9. The molecule has 0 aromatic heterocycles. The smallest absolute Gasteiger partial charge is 0.257 e. The molecule has 2 aliphatic rings. The van der Waals surface area contributed by atoms with Gasteiger partial charge in [-0.1, -0.05) is 38.1 Å². The molecule has 0 aliphatic carbocycles. The van der Waals surface area contributed by atoms with E-state index < -0.39 is 95.8 Å². The molecule has 0 saturated heterocycles. The van der Waals surface area contributed by atoms with Gasteiger partial charge in [-0.3, -0.25) is 78.0 Å². The van der Waals surface area contributed by atoms with E-state index >= 15 is 0 Å². The molecule has 0 saturated carbocycles. The number of rotatable bonds is 28. The number of amides is 12. The van der Waals surface area contributed by atoms with Crippen LogP contribution in [0, 0.1) is 0 Å². The average Bonchev–Trinajstić information content (AvgIpc) is 3.83. The molecule has 2 atom stereocenters. The summed E-state index contributed by atoms with van der Waals surface area (Å²) in [5, 5.41) is 14.3. The first-order chi connectivity index (χ1) is 33.1. The second-order valence-corrected chi connectivity index (χ2v) is 15.5. The van der Waals surface area contributed by atoms with Crippen molar-refractivity contribution in [3.05, 3.63) is 95.1 Å². The highest BCUT2D eigenvalue weighted by atomic mass is 16.5. The van der Waals surface area contributed by atoms with Crippen molar-refractivity contribution >= 4 is 70.9 Å². The molecule has 2 aliphatic heterocycles. The van der Waals surface area contributed by atoms with Crippen LogP contribution < -0.4 is 31.9 Å². The fraction of sp³-hybridized carbons (Fsp3) is 0.404. The quantitative estimate of drug-likeness (QED) is 0.0444. The zero-order valence-electron chi connectivity index (χ0n) is 38.3. The number of hydrogen-bond acceptors (Lipinski definition) is 14. The van der Waals surface area contributed by atoms with E-state index in [2.05, 4.69) is 31.9 Å². The number of aryl methyl sites for hydroxylation is 2. The topological polar surface area (TPSA) is 302 Å². The molecule has 0 fully saturated rings. The Morgan fingerprint density at radius 2 is 0.841 bits per heavy atom. The third kappa shape index (κ3) is 18.1. The zero-order valence-corrected chi connectivity index (χ0v) is 38.3. The fourth-order valence-corrected chi connectivity index (χ4v) is 6.55. The average molecular weight is 957 g/mol. The van der Waals surface area contributed by atoms with Crippen LogP contribution in [0.5, 0.6) is 0 Å². The van der Waals surface area contributed by atoms with Gasteiger partial charge in [0, 0.05) is 61.4 Å². The lowest BCUT2D eigenvalue weighted by Crippen LogP contribution is -2.51. The number of ether oxygens (including phenoxy) is 2. The van der Waals surface area contributed by atoms with Crippen molar-refractivity contribution in [3.8, 4) is 0 Å². The molecular weight excluding hydrogens is 901 g/mol. The van der Waals surface area contributed by atoms with E-state index in [0.717, 1.165) is 45.2 Å². The minimum Gasteiger partial charge on any atom is -0.378 e. The molecule has 2 aromatic carbocycles. The molecule has 12 amide bonds. The van der Waals surface area contributed by atoms with Crippen LogP contribution in [-0.2, 0) is 70.3 Å². The van der Waals surface area contributed by atoms with Crippen molar-refractivity contribution in [1.82, 2.24) is 41.7 Å². The summed E-state index contributed by atoms with van der Waals surface area (Å²) in [6.07, 6.45) is 3.90. The van der Waals surface area contributed by atoms with Crippen molar-refractivity contribution < 1.29 is 67.0 Å². The Kier molecular flexibility index (Phi) is 21.7. The fourth-order valence-electron chi connectivity index (χ4n) is 6.55. The van der Waals surface area contributed by atoms with Crippen LogP contribution >= 0.6 is 0 Å². The van der Waals surface area contributed by atoms with E-state index in [1.165, 1.54) is 24.3 Å². The van der Waals surface area contributed by atoms with E-state index in [9.17, 15) is 57.5 Å². The molecule has 2 heterocycles. The monoisotopic (exact) mass is 956 g/mol. The number of imide groups is 4. The van der Waals surface area contributed by atoms with Crippen LogP contribution in [0.2, 0.25) is 0 Å². The maximum Gasteiger partial charge on any atom is 0.257 e. The number of benzene rings is 2. The Labute approximate surface area is 397 Å². The normalized spacial score (nSPS) is 13.8. The van der Waals surface area contributed by atoms with Gasteiger partial charge in [-0.2, -0.15) is 0 Å². The summed E-state index contributed by atoms with van der Waals surface area (Å²) in [6, 6.07) is 9.83.